The van der Waals surface area contributed by atoms with Crippen molar-refractivity contribution in [3.05, 3.63) is 35.4 Å². The molecule has 6 nitrogen and oxygen atoms in total. The van der Waals surface area contributed by atoms with Crippen LogP contribution in [0.4, 0.5) is 4.79 Å². The number of hydrogen-bond donors (Lipinski definition) is 4. The molecule has 0 aliphatic carbocycles. The van der Waals surface area contributed by atoms with Crippen LogP contribution in [0.1, 0.15) is 15.9 Å². The summed E-state index contributed by atoms with van der Waals surface area (Å²) in [5.74, 6) is -0.240. The third kappa shape index (κ3) is 4.38. The highest BCUT2D eigenvalue weighted by molar-refractivity contribution is 7.80. The van der Waals surface area contributed by atoms with Crippen LogP contribution in [0.5, 0.6) is 0 Å². The van der Waals surface area contributed by atoms with Gasteiger partial charge in [-0.15, -0.1) is 0 Å². The summed E-state index contributed by atoms with van der Waals surface area (Å²) in [4.78, 5) is 22.3. The van der Waals surface area contributed by atoms with E-state index in [0.29, 0.717) is 17.7 Å². The molecule has 96 valence electrons. The van der Waals surface area contributed by atoms with E-state index in [1.807, 2.05) is 0 Å². The summed E-state index contributed by atoms with van der Waals surface area (Å²) in [5.41, 5.74) is 11.5. The van der Waals surface area contributed by atoms with Crippen LogP contribution >= 0.6 is 12.2 Å². The van der Waals surface area contributed by atoms with Gasteiger partial charge in [0.1, 0.15) is 4.99 Å². The molecule has 0 saturated carbocycles. The van der Waals surface area contributed by atoms with Crippen LogP contribution in [-0.2, 0) is 0 Å². The van der Waals surface area contributed by atoms with Gasteiger partial charge in [-0.2, -0.15) is 0 Å². The second-order valence-corrected chi connectivity index (χ2v) is 3.93. The van der Waals surface area contributed by atoms with Crippen LogP contribution < -0.4 is 22.1 Å². The molecule has 0 unspecified atom stereocenters. The summed E-state index contributed by atoms with van der Waals surface area (Å²) in [6, 6.07) is 6.00. The van der Waals surface area contributed by atoms with E-state index in [9.17, 15) is 9.59 Å². The Morgan fingerprint density at radius 1 is 1.00 bits per heavy atom. The van der Waals surface area contributed by atoms with Crippen molar-refractivity contribution in [1.29, 1.82) is 0 Å². The number of primary amides is 1. The lowest BCUT2D eigenvalue weighted by Crippen LogP contribution is -2.37. The van der Waals surface area contributed by atoms with E-state index >= 15 is 0 Å². The molecule has 0 atom stereocenters. The van der Waals surface area contributed by atoms with Crippen molar-refractivity contribution < 1.29 is 9.59 Å². The van der Waals surface area contributed by atoms with Gasteiger partial charge >= 0.3 is 6.03 Å². The smallest absolute Gasteiger partial charge is 0.312 e. The lowest BCUT2D eigenvalue weighted by molar-refractivity contribution is 0.0954. The van der Waals surface area contributed by atoms with Crippen LogP contribution in [0.25, 0.3) is 0 Å². The molecular formula is C11H14N4O2S. The predicted octanol–water partition coefficient (Wildman–Crippen LogP) is -0.281. The maximum absolute atomic E-state index is 11.7. The first-order valence-electron chi connectivity index (χ1n) is 5.22. The molecule has 0 aliphatic heterocycles. The molecule has 3 amide bonds. The van der Waals surface area contributed by atoms with Crippen molar-refractivity contribution in [2.75, 3.05) is 13.1 Å². The Balaban J connectivity index is 2.46. The van der Waals surface area contributed by atoms with E-state index in [0.717, 1.165) is 0 Å². The Morgan fingerprint density at radius 2 is 1.50 bits per heavy atom. The largest absolute Gasteiger partial charge is 0.389 e. The molecule has 1 aromatic rings. The number of rotatable bonds is 5. The van der Waals surface area contributed by atoms with Gasteiger partial charge in [0.05, 0.1) is 0 Å². The standard InChI is InChI=1S/C11H14N4O2S/c12-9(18)7-1-3-8(4-2-7)10(16)14-5-6-15-11(13)17/h1-4H,5-6H2,(H2,12,18)(H,14,16)(H3,13,15,17). The molecule has 6 N–H and O–H groups in total. The number of carbonyl (C=O) groups is 2. The summed E-state index contributed by atoms with van der Waals surface area (Å²) in [7, 11) is 0. The molecule has 0 aliphatic rings. The van der Waals surface area contributed by atoms with E-state index in [2.05, 4.69) is 10.6 Å². The summed E-state index contributed by atoms with van der Waals surface area (Å²) in [6.45, 7) is 0.588. The zero-order valence-corrected chi connectivity index (χ0v) is 10.4. The molecule has 1 rings (SSSR count). The minimum atomic E-state index is -0.620. The van der Waals surface area contributed by atoms with Gasteiger partial charge in [0.2, 0.25) is 0 Å². The first kappa shape index (κ1) is 13.9. The average molecular weight is 266 g/mol. The average Bonchev–Trinajstić information content (AvgIpc) is 2.34. The molecule has 0 radical (unpaired) electrons. The fraction of sp³-hybridized carbons (Fsp3) is 0.182. The highest BCUT2D eigenvalue weighted by Gasteiger charge is 2.05. The number of amides is 3. The normalized spacial score (nSPS) is 9.56. The molecule has 18 heavy (non-hydrogen) atoms. The number of benzene rings is 1. The van der Waals surface area contributed by atoms with Crippen LogP contribution in [0.2, 0.25) is 0 Å². The molecule has 0 saturated heterocycles. The van der Waals surface area contributed by atoms with E-state index in [-0.39, 0.29) is 17.4 Å². The van der Waals surface area contributed by atoms with Gasteiger partial charge in [-0.05, 0) is 12.1 Å². The monoisotopic (exact) mass is 266 g/mol. The molecule has 0 heterocycles. The number of hydrogen-bond acceptors (Lipinski definition) is 3. The number of carbonyl (C=O) groups excluding carboxylic acids is 2. The van der Waals surface area contributed by atoms with E-state index < -0.39 is 6.03 Å². The summed E-state index contributed by atoms with van der Waals surface area (Å²) in [6.07, 6.45) is 0. The fourth-order valence-corrected chi connectivity index (χ4v) is 1.39. The Morgan fingerprint density at radius 3 is 2.00 bits per heavy atom. The Kier molecular flexibility index (Phi) is 5.06. The van der Waals surface area contributed by atoms with Crippen molar-refractivity contribution in [1.82, 2.24) is 10.6 Å². The van der Waals surface area contributed by atoms with Crippen molar-refractivity contribution in [2.45, 2.75) is 0 Å². The van der Waals surface area contributed by atoms with Gasteiger partial charge in [0.25, 0.3) is 5.91 Å². The third-order valence-corrected chi connectivity index (χ3v) is 2.38. The molecular weight excluding hydrogens is 252 g/mol. The van der Waals surface area contributed by atoms with Gasteiger partial charge in [0, 0.05) is 24.2 Å². The van der Waals surface area contributed by atoms with Gasteiger partial charge in [-0.1, -0.05) is 24.4 Å². The van der Waals surface area contributed by atoms with Crippen LogP contribution in [0.3, 0.4) is 0 Å². The summed E-state index contributed by atoms with van der Waals surface area (Å²) >= 11 is 4.81. The first-order valence-corrected chi connectivity index (χ1v) is 5.63. The minimum absolute atomic E-state index is 0.240. The van der Waals surface area contributed by atoms with Crippen molar-refractivity contribution in [3.8, 4) is 0 Å². The molecule has 1 aromatic carbocycles. The van der Waals surface area contributed by atoms with E-state index in [4.69, 9.17) is 23.7 Å². The SMILES string of the molecule is NC(=O)NCCNC(=O)c1ccc(C(N)=S)cc1. The second-order valence-electron chi connectivity index (χ2n) is 3.49. The lowest BCUT2D eigenvalue weighted by atomic mass is 10.1. The van der Waals surface area contributed by atoms with Gasteiger partial charge in [0.15, 0.2) is 0 Å². The maximum atomic E-state index is 11.7. The van der Waals surface area contributed by atoms with Crippen molar-refractivity contribution >= 4 is 29.1 Å². The zero-order valence-electron chi connectivity index (χ0n) is 9.60. The molecule has 0 bridgehead atoms. The topological polar surface area (TPSA) is 110 Å². The number of thiocarbonyl (C=S) groups is 1. The van der Waals surface area contributed by atoms with Gasteiger partial charge in [-0.3, -0.25) is 4.79 Å². The Hall–Kier alpha value is -2.15. The van der Waals surface area contributed by atoms with Crippen LogP contribution in [0.15, 0.2) is 24.3 Å². The zero-order chi connectivity index (χ0) is 13.5. The molecule has 0 aromatic heterocycles. The van der Waals surface area contributed by atoms with Crippen LogP contribution in [0, 0.1) is 0 Å². The fourth-order valence-electron chi connectivity index (χ4n) is 1.25. The molecule has 0 fully saturated rings. The number of urea groups is 1. The predicted molar refractivity (Wildman–Crippen MR) is 72.2 cm³/mol. The summed E-state index contributed by atoms with van der Waals surface area (Å²) in [5, 5.41) is 5.00. The molecule has 7 heteroatoms. The highest BCUT2D eigenvalue weighted by Crippen LogP contribution is 2.04. The third-order valence-electron chi connectivity index (χ3n) is 2.14. The highest BCUT2D eigenvalue weighted by atomic mass is 32.1. The van der Waals surface area contributed by atoms with Gasteiger partial charge < -0.3 is 22.1 Å². The van der Waals surface area contributed by atoms with E-state index in [1.54, 1.807) is 24.3 Å². The Labute approximate surface area is 110 Å². The van der Waals surface area contributed by atoms with Gasteiger partial charge in [-0.25, -0.2) is 4.79 Å². The molecule has 0 spiro atoms. The number of nitrogens with one attached hydrogen (secondary N) is 2. The lowest BCUT2D eigenvalue weighted by Gasteiger charge is -2.06. The minimum Gasteiger partial charge on any atom is -0.389 e. The quantitative estimate of drug-likeness (QED) is 0.434. The van der Waals surface area contributed by atoms with E-state index in [1.165, 1.54) is 0 Å². The van der Waals surface area contributed by atoms with Crippen molar-refractivity contribution in [2.24, 2.45) is 11.5 Å². The first-order chi connectivity index (χ1) is 8.50. The second kappa shape index (κ2) is 6.55. The van der Waals surface area contributed by atoms with Crippen LogP contribution in [-0.4, -0.2) is 30.0 Å². The number of nitrogens with two attached hydrogens (primary N) is 2. The Bertz CT molecular complexity index is 459. The maximum Gasteiger partial charge on any atom is 0.312 e. The van der Waals surface area contributed by atoms with Crippen molar-refractivity contribution in [3.63, 3.8) is 0 Å². The summed E-state index contributed by atoms with van der Waals surface area (Å²) < 4.78 is 0.